The van der Waals surface area contributed by atoms with Gasteiger partial charge in [-0.25, -0.2) is 12.8 Å². The number of hydrogen-bond acceptors (Lipinski definition) is 4. The number of rotatable bonds is 5. The lowest BCUT2D eigenvalue weighted by Crippen LogP contribution is -2.26. The van der Waals surface area contributed by atoms with E-state index in [2.05, 4.69) is 5.32 Å². The van der Waals surface area contributed by atoms with Gasteiger partial charge in [-0.15, -0.1) is 0 Å². The normalized spacial score (nSPS) is 14.4. The lowest BCUT2D eigenvalue weighted by atomic mass is 10.2. The number of benzene rings is 2. The zero-order valence-electron chi connectivity index (χ0n) is 15.9. The molecule has 9 heteroatoms. The minimum absolute atomic E-state index is 0.0923. The number of halogens is 2. The zero-order chi connectivity index (χ0) is 21.3. The molecule has 29 heavy (non-hydrogen) atoms. The molecule has 1 atom stereocenters. The average Bonchev–Trinajstić information content (AvgIpc) is 3.08. The van der Waals surface area contributed by atoms with E-state index in [0.29, 0.717) is 13.0 Å². The SMILES string of the molecule is CC(=O)N1CCc2cc(S(=O)(=O)[C@@H](C)CC(=O)Nc3ccc(F)c(Cl)c3)ccc21. The Labute approximate surface area is 173 Å². The van der Waals surface area contributed by atoms with Crippen LogP contribution in [0.5, 0.6) is 0 Å². The Morgan fingerprint density at radius 2 is 1.97 bits per heavy atom. The molecule has 0 saturated heterocycles. The van der Waals surface area contributed by atoms with E-state index >= 15 is 0 Å². The fraction of sp³-hybridized carbons (Fsp3) is 0.300. The molecule has 154 valence electrons. The van der Waals surface area contributed by atoms with Gasteiger partial charge in [-0.3, -0.25) is 9.59 Å². The number of fused-ring (bicyclic) bond motifs is 1. The number of nitrogens with zero attached hydrogens (tertiary/aromatic N) is 1. The molecule has 0 unspecified atom stereocenters. The van der Waals surface area contributed by atoms with Crippen molar-refractivity contribution in [3.05, 3.63) is 52.8 Å². The van der Waals surface area contributed by atoms with E-state index in [1.807, 2.05) is 0 Å². The molecule has 1 aliphatic rings. The molecule has 6 nitrogen and oxygen atoms in total. The maximum atomic E-state index is 13.2. The summed E-state index contributed by atoms with van der Waals surface area (Å²) in [7, 11) is -3.75. The van der Waals surface area contributed by atoms with Crippen molar-refractivity contribution in [2.24, 2.45) is 0 Å². The smallest absolute Gasteiger partial charge is 0.225 e. The largest absolute Gasteiger partial charge is 0.326 e. The second kappa shape index (κ2) is 8.12. The molecular weight excluding hydrogens is 419 g/mol. The van der Waals surface area contributed by atoms with E-state index in [0.717, 1.165) is 17.3 Å². The third kappa shape index (κ3) is 4.43. The number of carbonyl (C=O) groups excluding carboxylic acids is 2. The van der Waals surface area contributed by atoms with Crippen LogP contribution in [0.3, 0.4) is 0 Å². The van der Waals surface area contributed by atoms with Crippen LogP contribution in [0.25, 0.3) is 0 Å². The molecule has 0 bridgehead atoms. The lowest BCUT2D eigenvalue weighted by Gasteiger charge is -2.16. The number of anilines is 2. The van der Waals surface area contributed by atoms with Gasteiger partial charge in [-0.2, -0.15) is 0 Å². The Kier molecular flexibility index (Phi) is 5.95. The molecule has 0 aromatic heterocycles. The summed E-state index contributed by atoms with van der Waals surface area (Å²) < 4.78 is 39.0. The molecule has 2 amide bonds. The van der Waals surface area contributed by atoms with Crippen LogP contribution in [0.2, 0.25) is 5.02 Å². The van der Waals surface area contributed by atoms with Crippen molar-refractivity contribution in [2.75, 3.05) is 16.8 Å². The monoisotopic (exact) mass is 438 g/mol. The first-order valence-electron chi connectivity index (χ1n) is 8.99. The molecule has 0 radical (unpaired) electrons. The highest BCUT2D eigenvalue weighted by Gasteiger charge is 2.29. The van der Waals surface area contributed by atoms with Gasteiger partial charge in [0.15, 0.2) is 9.84 Å². The first-order chi connectivity index (χ1) is 13.6. The van der Waals surface area contributed by atoms with Gasteiger partial charge in [0.2, 0.25) is 11.8 Å². The highest BCUT2D eigenvalue weighted by Crippen LogP contribution is 2.31. The van der Waals surface area contributed by atoms with Crippen molar-refractivity contribution in [1.29, 1.82) is 0 Å². The minimum Gasteiger partial charge on any atom is -0.326 e. The molecule has 0 spiro atoms. The summed E-state index contributed by atoms with van der Waals surface area (Å²) in [5.41, 5.74) is 1.79. The molecule has 1 N–H and O–H groups in total. The Hall–Kier alpha value is -2.45. The molecule has 2 aromatic carbocycles. The van der Waals surface area contributed by atoms with Crippen LogP contribution >= 0.6 is 11.6 Å². The van der Waals surface area contributed by atoms with E-state index in [1.165, 1.54) is 32.0 Å². The third-order valence-corrected chi connectivity index (χ3v) is 7.29. The van der Waals surface area contributed by atoms with Crippen molar-refractivity contribution >= 4 is 44.6 Å². The Balaban J connectivity index is 1.73. The highest BCUT2D eigenvalue weighted by molar-refractivity contribution is 7.92. The van der Waals surface area contributed by atoms with Gasteiger partial charge in [-0.1, -0.05) is 11.6 Å². The van der Waals surface area contributed by atoms with Crippen LogP contribution < -0.4 is 10.2 Å². The lowest BCUT2D eigenvalue weighted by molar-refractivity contribution is -0.117. The highest BCUT2D eigenvalue weighted by atomic mass is 35.5. The quantitative estimate of drug-likeness (QED) is 0.773. The first kappa shape index (κ1) is 21.3. The molecule has 1 aliphatic heterocycles. The first-order valence-corrected chi connectivity index (χ1v) is 10.9. The summed E-state index contributed by atoms with van der Waals surface area (Å²) in [5.74, 6) is -1.22. The van der Waals surface area contributed by atoms with E-state index in [-0.39, 0.29) is 27.9 Å². The average molecular weight is 439 g/mol. The van der Waals surface area contributed by atoms with Gasteiger partial charge in [0, 0.05) is 31.3 Å². The van der Waals surface area contributed by atoms with E-state index in [4.69, 9.17) is 11.6 Å². The number of sulfone groups is 1. The van der Waals surface area contributed by atoms with Crippen LogP contribution in [0.1, 0.15) is 25.8 Å². The van der Waals surface area contributed by atoms with Crippen LogP contribution in [0.4, 0.5) is 15.8 Å². The predicted molar refractivity (Wildman–Crippen MR) is 109 cm³/mol. The molecule has 2 aromatic rings. The topological polar surface area (TPSA) is 83.6 Å². The van der Waals surface area contributed by atoms with Gasteiger partial charge in [0.1, 0.15) is 5.82 Å². The summed E-state index contributed by atoms with van der Waals surface area (Å²) in [5, 5.41) is 1.42. The van der Waals surface area contributed by atoms with Crippen molar-refractivity contribution in [3.8, 4) is 0 Å². The van der Waals surface area contributed by atoms with Crippen molar-refractivity contribution in [2.45, 2.75) is 36.8 Å². The fourth-order valence-corrected chi connectivity index (χ4v) is 4.85. The molecule has 0 fully saturated rings. The molecule has 1 heterocycles. The van der Waals surface area contributed by atoms with E-state index in [9.17, 15) is 22.4 Å². The van der Waals surface area contributed by atoms with Gasteiger partial charge >= 0.3 is 0 Å². The van der Waals surface area contributed by atoms with Crippen molar-refractivity contribution < 1.29 is 22.4 Å². The molecule has 0 aliphatic carbocycles. The fourth-order valence-electron chi connectivity index (χ4n) is 3.27. The maximum absolute atomic E-state index is 13.2. The Morgan fingerprint density at radius 3 is 2.62 bits per heavy atom. The Bertz CT molecular complexity index is 1090. The summed E-state index contributed by atoms with van der Waals surface area (Å²) in [6.07, 6.45) is 0.312. The zero-order valence-corrected chi connectivity index (χ0v) is 17.5. The summed E-state index contributed by atoms with van der Waals surface area (Å²) in [6, 6.07) is 8.39. The summed E-state index contributed by atoms with van der Waals surface area (Å²) in [4.78, 5) is 25.6. The predicted octanol–water partition coefficient (Wildman–Crippen LogP) is 3.58. The van der Waals surface area contributed by atoms with E-state index < -0.39 is 26.8 Å². The van der Waals surface area contributed by atoms with Gasteiger partial charge in [0.25, 0.3) is 0 Å². The number of amides is 2. The number of carbonyl (C=O) groups is 2. The van der Waals surface area contributed by atoms with Crippen molar-refractivity contribution in [3.63, 3.8) is 0 Å². The minimum atomic E-state index is -3.75. The van der Waals surface area contributed by atoms with Crippen molar-refractivity contribution in [1.82, 2.24) is 0 Å². The summed E-state index contributed by atoms with van der Waals surface area (Å²) in [6.45, 7) is 3.45. The second-order valence-corrected chi connectivity index (χ2v) is 9.72. The summed E-state index contributed by atoms with van der Waals surface area (Å²) >= 11 is 5.69. The maximum Gasteiger partial charge on any atom is 0.225 e. The van der Waals surface area contributed by atoms with E-state index in [1.54, 1.807) is 17.0 Å². The Morgan fingerprint density at radius 1 is 1.24 bits per heavy atom. The van der Waals surface area contributed by atoms with Gasteiger partial charge in [-0.05, 0) is 55.3 Å². The van der Waals surface area contributed by atoms with Crippen LogP contribution in [0.15, 0.2) is 41.3 Å². The van der Waals surface area contributed by atoms with Crippen LogP contribution in [-0.2, 0) is 25.8 Å². The number of nitrogens with one attached hydrogen (secondary N) is 1. The molecular formula is C20H20ClFN2O4S. The third-order valence-electron chi connectivity index (χ3n) is 4.86. The molecule has 3 rings (SSSR count). The molecule has 0 saturated carbocycles. The second-order valence-electron chi connectivity index (χ2n) is 6.95. The van der Waals surface area contributed by atoms with Gasteiger partial charge in [0.05, 0.1) is 15.2 Å². The number of hydrogen-bond donors (Lipinski definition) is 1. The standard InChI is InChI=1S/C20H20ClFN2O4S/c1-12(9-20(26)23-15-3-5-18(22)17(21)11-15)29(27,28)16-4-6-19-14(10-16)7-8-24(19)13(2)25/h3-6,10-12H,7-9H2,1-2H3,(H,23,26)/t12-/m0/s1. The van der Waals surface area contributed by atoms with Crippen LogP contribution in [-0.4, -0.2) is 32.0 Å². The van der Waals surface area contributed by atoms with Crippen LogP contribution in [0, 0.1) is 5.82 Å². The van der Waals surface area contributed by atoms with Gasteiger partial charge < -0.3 is 10.2 Å².